The molecular formula is C15H21N3O2. The Morgan fingerprint density at radius 2 is 2.15 bits per heavy atom. The van der Waals surface area contributed by atoms with Crippen molar-refractivity contribution in [2.24, 2.45) is 5.73 Å². The first-order valence-electron chi connectivity index (χ1n) is 6.72. The average molecular weight is 275 g/mol. The van der Waals surface area contributed by atoms with Gasteiger partial charge in [-0.2, -0.15) is 0 Å². The molecule has 5 heteroatoms. The number of rotatable bonds is 6. The van der Waals surface area contributed by atoms with E-state index in [0.29, 0.717) is 18.1 Å². The second-order valence-corrected chi connectivity index (χ2v) is 4.62. The van der Waals surface area contributed by atoms with Crippen LogP contribution in [0.5, 0.6) is 11.5 Å². The van der Waals surface area contributed by atoms with Gasteiger partial charge in [-0.3, -0.25) is 0 Å². The molecule has 0 radical (unpaired) electrons. The average Bonchev–Trinajstić information content (AvgIpc) is 2.92. The maximum Gasteiger partial charge on any atom is 0.161 e. The minimum atomic E-state index is -0.0306. The van der Waals surface area contributed by atoms with Crippen LogP contribution in [0.2, 0.25) is 0 Å². The van der Waals surface area contributed by atoms with Crippen molar-refractivity contribution >= 4 is 0 Å². The molecule has 0 fully saturated rings. The van der Waals surface area contributed by atoms with Gasteiger partial charge in [0, 0.05) is 25.0 Å². The van der Waals surface area contributed by atoms with Crippen molar-refractivity contribution in [1.82, 2.24) is 9.55 Å². The molecule has 108 valence electrons. The molecule has 1 heterocycles. The Kier molecular flexibility index (Phi) is 4.63. The van der Waals surface area contributed by atoms with Gasteiger partial charge in [0.05, 0.1) is 7.11 Å². The van der Waals surface area contributed by atoms with Gasteiger partial charge in [-0.25, -0.2) is 4.98 Å². The summed E-state index contributed by atoms with van der Waals surface area (Å²) in [6.07, 6.45) is 3.72. The van der Waals surface area contributed by atoms with Crippen molar-refractivity contribution in [3.8, 4) is 11.5 Å². The first-order chi connectivity index (χ1) is 9.65. The highest BCUT2D eigenvalue weighted by Gasteiger charge is 2.09. The second kappa shape index (κ2) is 6.43. The van der Waals surface area contributed by atoms with E-state index >= 15 is 0 Å². The molecule has 0 spiro atoms. The lowest BCUT2D eigenvalue weighted by Gasteiger charge is -2.14. The summed E-state index contributed by atoms with van der Waals surface area (Å²) in [5.41, 5.74) is 6.88. The number of methoxy groups -OCH3 is 1. The Morgan fingerprint density at radius 3 is 2.80 bits per heavy atom. The number of nitrogens with two attached hydrogens (primary N) is 1. The van der Waals surface area contributed by atoms with E-state index in [2.05, 4.69) is 11.9 Å². The molecule has 0 amide bonds. The highest BCUT2D eigenvalue weighted by Crippen LogP contribution is 2.30. The smallest absolute Gasteiger partial charge is 0.161 e. The van der Waals surface area contributed by atoms with E-state index in [1.807, 2.05) is 35.9 Å². The van der Waals surface area contributed by atoms with Crippen LogP contribution in [-0.2, 0) is 13.2 Å². The molecule has 0 bridgehead atoms. The number of hydrogen-bond donors (Lipinski definition) is 1. The van der Waals surface area contributed by atoms with E-state index in [0.717, 1.165) is 17.9 Å². The zero-order valence-corrected chi connectivity index (χ0v) is 12.2. The van der Waals surface area contributed by atoms with Gasteiger partial charge in [-0.1, -0.05) is 6.07 Å². The van der Waals surface area contributed by atoms with Gasteiger partial charge in [0.25, 0.3) is 0 Å². The third kappa shape index (κ3) is 3.11. The Hall–Kier alpha value is -2.01. The van der Waals surface area contributed by atoms with Gasteiger partial charge in [0.1, 0.15) is 12.4 Å². The topological polar surface area (TPSA) is 62.3 Å². The first-order valence-corrected chi connectivity index (χ1v) is 6.72. The summed E-state index contributed by atoms with van der Waals surface area (Å²) >= 11 is 0. The van der Waals surface area contributed by atoms with E-state index in [9.17, 15) is 0 Å². The van der Waals surface area contributed by atoms with Crippen LogP contribution in [0.25, 0.3) is 0 Å². The van der Waals surface area contributed by atoms with Crippen LogP contribution in [0, 0.1) is 0 Å². The third-order valence-corrected chi connectivity index (χ3v) is 3.21. The molecule has 0 aliphatic heterocycles. The largest absolute Gasteiger partial charge is 0.493 e. The van der Waals surface area contributed by atoms with Gasteiger partial charge in [-0.05, 0) is 31.5 Å². The maximum atomic E-state index is 5.87. The van der Waals surface area contributed by atoms with Crippen molar-refractivity contribution in [3.63, 3.8) is 0 Å². The van der Waals surface area contributed by atoms with Gasteiger partial charge in [-0.15, -0.1) is 0 Å². The molecule has 2 aromatic rings. The fourth-order valence-electron chi connectivity index (χ4n) is 2.00. The first kappa shape index (κ1) is 14.4. The molecule has 1 aromatic heterocycles. The summed E-state index contributed by atoms with van der Waals surface area (Å²) in [4.78, 5) is 4.28. The monoisotopic (exact) mass is 275 g/mol. The Morgan fingerprint density at radius 1 is 1.35 bits per heavy atom. The van der Waals surface area contributed by atoms with E-state index in [-0.39, 0.29) is 6.04 Å². The van der Waals surface area contributed by atoms with E-state index in [1.54, 1.807) is 13.3 Å². The van der Waals surface area contributed by atoms with Crippen LogP contribution in [0.3, 0.4) is 0 Å². The molecule has 0 saturated carbocycles. The maximum absolute atomic E-state index is 5.87. The molecule has 2 rings (SSSR count). The van der Waals surface area contributed by atoms with E-state index in [1.165, 1.54) is 0 Å². The molecule has 0 aliphatic rings. The van der Waals surface area contributed by atoms with Crippen LogP contribution in [-0.4, -0.2) is 16.7 Å². The highest BCUT2D eigenvalue weighted by molar-refractivity contribution is 5.43. The summed E-state index contributed by atoms with van der Waals surface area (Å²) in [5.74, 6) is 2.28. The molecule has 1 atom stereocenters. The lowest BCUT2D eigenvalue weighted by Crippen LogP contribution is -2.07. The number of benzene rings is 1. The summed E-state index contributed by atoms with van der Waals surface area (Å²) in [7, 11) is 1.63. The lowest BCUT2D eigenvalue weighted by molar-refractivity contribution is 0.271. The number of hydrogen-bond acceptors (Lipinski definition) is 4. The van der Waals surface area contributed by atoms with Crippen molar-refractivity contribution in [2.45, 2.75) is 33.0 Å². The van der Waals surface area contributed by atoms with E-state index < -0.39 is 0 Å². The molecule has 0 aliphatic carbocycles. The predicted molar refractivity (Wildman–Crippen MR) is 77.8 cm³/mol. The van der Waals surface area contributed by atoms with Crippen LogP contribution in [0.1, 0.15) is 31.3 Å². The number of imidazole rings is 1. The number of aryl methyl sites for hydroxylation is 1. The predicted octanol–water partition coefficient (Wildman–Crippen LogP) is 2.51. The van der Waals surface area contributed by atoms with Crippen LogP contribution >= 0.6 is 0 Å². The Bertz CT molecular complexity index is 564. The minimum absolute atomic E-state index is 0.0306. The summed E-state index contributed by atoms with van der Waals surface area (Å²) in [5, 5.41) is 0. The SMILES string of the molecule is CCn1ccnc1COc1ccc([C@@H](C)N)cc1OC. The molecule has 1 aromatic carbocycles. The molecule has 5 nitrogen and oxygen atoms in total. The Labute approximate surface area is 119 Å². The zero-order chi connectivity index (χ0) is 14.5. The van der Waals surface area contributed by atoms with Crippen LogP contribution in [0.4, 0.5) is 0 Å². The van der Waals surface area contributed by atoms with Crippen LogP contribution < -0.4 is 15.2 Å². The molecule has 0 unspecified atom stereocenters. The number of ether oxygens (including phenoxy) is 2. The van der Waals surface area contributed by atoms with Crippen LogP contribution in [0.15, 0.2) is 30.6 Å². The molecule has 2 N–H and O–H groups in total. The number of aromatic nitrogens is 2. The highest BCUT2D eigenvalue weighted by atomic mass is 16.5. The Balaban J connectivity index is 2.13. The second-order valence-electron chi connectivity index (χ2n) is 4.62. The quantitative estimate of drug-likeness (QED) is 0.880. The summed E-state index contributed by atoms with van der Waals surface area (Å²) in [6.45, 7) is 5.30. The summed E-state index contributed by atoms with van der Waals surface area (Å²) < 4.78 is 13.2. The van der Waals surface area contributed by atoms with Crippen molar-refractivity contribution in [2.75, 3.05) is 7.11 Å². The molecule has 0 saturated heterocycles. The van der Waals surface area contributed by atoms with Crippen molar-refractivity contribution in [1.29, 1.82) is 0 Å². The minimum Gasteiger partial charge on any atom is -0.493 e. The normalized spacial score (nSPS) is 12.2. The van der Waals surface area contributed by atoms with Crippen molar-refractivity contribution in [3.05, 3.63) is 42.0 Å². The van der Waals surface area contributed by atoms with Gasteiger partial charge >= 0.3 is 0 Å². The molecule has 20 heavy (non-hydrogen) atoms. The van der Waals surface area contributed by atoms with Gasteiger partial charge < -0.3 is 19.8 Å². The van der Waals surface area contributed by atoms with Gasteiger partial charge in [0.2, 0.25) is 0 Å². The van der Waals surface area contributed by atoms with E-state index in [4.69, 9.17) is 15.2 Å². The van der Waals surface area contributed by atoms with Gasteiger partial charge in [0.15, 0.2) is 11.5 Å². The molecular weight excluding hydrogens is 254 g/mol. The fraction of sp³-hybridized carbons (Fsp3) is 0.400. The zero-order valence-electron chi connectivity index (χ0n) is 12.2. The standard InChI is InChI=1S/C15H21N3O2/c1-4-18-8-7-17-15(18)10-20-13-6-5-12(11(2)16)9-14(13)19-3/h5-9,11H,4,10,16H2,1-3H3/t11-/m1/s1. The lowest BCUT2D eigenvalue weighted by atomic mass is 10.1. The fourth-order valence-corrected chi connectivity index (χ4v) is 2.00. The number of nitrogens with zero attached hydrogens (tertiary/aromatic N) is 2. The third-order valence-electron chi connectivity index (χ3n) is 3.21. The van der Waals surface area contributed by atoms with Crippen molar-refractivity contribution < 1.29 is 9.47 Å². The summed E-state index contributed by atoms with van der Waals surface area (Å²) in [6, 6.07) is 5.72.